The number of hydrogen-bond donors (Lipinski definition) is 0. The van der Waals surface area contributed by atoms with Crippen LogP contribution in [0.15, 0.2) is 108 Å². The number of aryl methyl sites for hydroxylation is 2. The van der Waals surface area contributed by atoms with E-state index in [1.807, 2.05) is 60.9 Å². The molecule has 7 aromatic rings. The van der Waals surface area contributed by atoms with Crippen molar-refractivity contribution >= 4 is 35.2 Å². The quantitative estimate of drug-likeness (QED) is 0.124. The van der Waals surface area contributed by atoms with E-state index in [4.69, 9.17) is 13.5 Å². The van der Waals surface area contributed by atoms with Gasteiger partial charge < -0.3 is 14.4 Å². The second-order valence-electron chi connectivity index (χ2n) is 13.6. The van der Waals surface area contributed by atoms with Crippen LogP contribution in [0, 0.1) is 37.6 Å². The third-order valence-corrected chi connectivity index (χ3v) is 10.4. The SMILES string of the molecule is Cc1cc(-c2[c-]ccc3c2oc2ccccc23)ncc1-c1ccccc1.[2H]C([2H])([2H])c1c[c-]c(-c2cc(CC(C)C)c([Si](C)(C)C)cn2)c(F)c1.[Ir]. The van der Waals surface area contributed by atoms with Gasteiger partial charge in [-0.3, -0.25) is 4.39 Å². The van der Waals surface area contributed by atoms with E-state index in [9.17, 15) is 4.39 Å². The predicted molar refractivity (Wildman–Crippen MR) is 201 cm³/mol. The summed E-state index contributed by atoms with van der Waals surface area (Å²) in [7, 11) is -1.56. The number of fused-ring (bicyclic) bond motifs is 3. The van der Waals surface area contributed by atoms with Crippen LogP contribution in [0.2, 0.25) is 19.6 Å². The molecular formula is C43H41FIrN2OSi-2. The summed E-state index contributed by atoms with van der Waals surface area (Å²) >= 11 is 0. The molecule has 0 spiro atoms. The van der Waals surface area contributed by atoms with Crippen LogP contribution >= 0.6 is 0 Å². The van der Waals surface area contributed by atoms with E-state index in [2.05, 4.69) is 87.9 Å². The Labute approximate surface area is 308 Å². The first-order valence-corrected chi connectivity index (χ1v) is 19.8. The Bertz CT molecular complexity index is 2330. The topological polar surface area (TPSA) is 38.9 Å². The third-order valence-electron chi connectivity index (χ3n) is 8.37. The van der Waals surface area contributed by atoms with Crippen molar-refractivity contribution in [2.45, 2.75) is 53.7 Å². The Morgan fingerprint density at radius 3 is 2.27 bits per heavy atom. The average Bonchev–Trinajstić information content (AvgIpc) is 3.47. The van der Waals surface area contributed by atoms with Crippen LogP contribution in [0.1, 0.15) is 34.7 Å². The van der Waals surface area contributed by atoms with Crippen molar-refractivity contribution in [3.63, 3.8) is 0 Å². The minimum atomic E-state index is -2.34. The van der Waals surface area contributed by atoms with Crippen LogP contribution in [-0.4, -0.2) is 18.0 Å². The molecule has 0 aliphatic heterocycles. The molecule has 0 aliphatic carbocycles. The van der Waals surface area contributed by atoms with E-state index < -0.39 is 20.7 Å². The number of pyridine rings is 2. The molecule has 3 nitrogen and oxygen atoms in total. The molecule has 7 rings (SSSR count). The molecule has 3 aromatic heterocycles. The van der Waals surface area contributed by atoms with Crippen LogP contribution in [-0.2, 0) is 26.5 Å². The molecule has 0 bridgehead atoms. The van der Waals surface area contributed by atoms with Crippen molar-refractivity contribution in [2.75, 3.05) is 0 Å². The number of para-hydroxylation sites is 1. The fraction of sp³-hybridized carbons (Fsp3) is 0.209. The zero-order chi connectivity index (χ0) is 36.5. The number of nitrogens with zero attached hydrogens (tertiary/aromatic N) is 2. The number of aromatic nitrogens is 2. The Kier molecular flexibility index (Phi) is 9.88. The maximum absolute atomic E-state index is 14.5. The van der Waals surface area contributed by atoms with Gasteiger partial charge in [0.1, 0.15) is 5.58 Å². The maximum Gasteiger partial charge on any atom is 0.120 e. The Morgan fingerprint density at radius 1 is 0.857 bits per heavy atom. The van der Waals surface area contributed by atoms with Gasteiger partial charge in [0.05, 0.1) is 13.7 Å². The van der Waals surface area contributed by atoms with Gasteiger partial charge in [0.15, 0.2) is 0 Å². The molecule has 1 radical (unpaired) electrons. The van der Waals surface area contributed by atoms with Gasteiger partial charge in [0, 0.05) is 53.4 Å². The first kappa shape index (κ1) is 32.0. The van der Waals surface area contributed by atoms with Crippen LogP contribution in [0.25, 0.3) is 55.6 Å². The second-order valence-corrected chi connectivity index (χ2v) is 18.7. The summed E-state index contributed by atoms with van der Waals surface area (Å²) in [6.45, 7) is 10.9. The van der Waals surface area contributed by atoms with Gasteiger partial charge in [-0.15, -0.1) is 42.0 Å². The summed E-state index contributed by atoms with van der Waals surface area (Å²) in [6.07, 6.45) is 4.71. The number of rotatable bonds is 6. The van der Waals surface area contributed by atoms with Gasteiger partial charge >= 0.3 is 0 Å². The van der Waals surface area contributed by atoms with Gasteiger partial charge in [-0.25, -0.2) is 0 Å². The predicted octanol–water partition coefficient (Wildman–Crippen LogP) is 11.2. The van der Waals surface area contributed by atoms with Crippen LogP contribution in [0.4, 0.5) is 4.39 Å². The van der Waals surface area contributed by atoms with Crippen molar-refractivity contribution < 1.29 is 33.0 Å². The maximum atomic E-state index is 14.5. The molecule has 4 aromatic carbocycles. The molecule has 3 heterocycles. The first-order chi connectivity index (χ1) is 24.2. The number of furan rings is 1. The smallest absolute Gasteiger partial charge is 0.120 e. The van der Waals surface area contributed by atoms with Crippen molar-refractivity contribution in [1.82, 2.24) is 9.97 Å². The van der Waals surface area contributed by atoms with Crippen molar-refractivity contribution in [3.05, 3.63) is 138 Å². The minimum Gasteiger partial charge on any atom is -0.501 e. The van der Waals surface area contributed by atoms with Gasteiger partial charge in [-0.05, 0) is 53.0 Å². The van der Waals surface area contributed by atoms with Gasteiger partial charge in [0.2, 0.25) is 0 Å². The molecule has 0 saturated carbocycles. The van der Waals surface area contributed by atoms with Crippen LogP contribution in [0.3, 0.4) is 0 Å². The second kappa shape index (κ2) is 15.1. The minimum absolute atomic E-state index is 0. The van der Waals surface area contributed by atoms with Crippen LogP contribution in [0.5, 0.6) is 0 Å². The van der Waals surface area contributed by atoms with Crippen molar-refractivity contribution in [1.29, 1.82) is 0 Å². The Morgan fingerprint density at radius 2 is 1.57 bits per heavy atom. The van der Waals surface area contributed by atoms with Crippen LogP contribution < -0.4 is 5.19 Å². The molecule has 49 heavy (non-hydrogen) atoms. The monoisotopic (exact) mass is 844 g/mol. The average molecular weight is 844 g/mol. The van der Waals surface area contributed by atoms with Gasteiger partial charge in [-0.2, -0.15) is 0 Å². The van der Waals surface area contributed by atoms with E-state index in [-0.39, 0.29) is 31.2 Å². The summed E-state index contributed by atoms with van der Waals surface area (Å²) in [5.74, 6) is -0.116. The Hall–Kier alpha value is -4.22. The molecule has 0 atom stereocenters. The molecule has 251 valence electrons. The van der Waals surface area contributed by atoms with E-state index in [0.717, 1.165) is 51.2 Å². The van der Waals surface area contributed by atoms with E-state index in [1.165, 1.54) is 27.9 Å². The molecule has 0 aliphatic rings. The summed E-state index contributed by atoms with van der Waals surface area (Å²) in [4.78, 5) is 9.17. The van der Waals surface area contributed by atoms with Gasteiger partial charge in [-0.1, -0.05) is 123 Å². The fourth-order valence-corrected chi connectivity index (χ4v) is 7.67. The molecule has 0 saturated heterocycles. The van der Waals surface area contributed by atoms with E-state index in [1.54, 1.807) is 0 Å². The molecule has 0 unspecified atom stereocenters. The molecule has 6 heteroatoms. The zero-order valence-electron chi connectivity index (χ0n) is 31.6. The van der Waals surface area contributed by atoms with Crippen molar-refractivity contribution in [3.8, 4) is 33.6 Å². The zero-order valence-corrected chi connectivity index (χ0v) is 32.0. The molecule has 0 N–H and O–H groups in total. The van der Waals surface area contributed by atoms with E-state index >= 15 is 0 Å². The van der Waals surface area contributed by atoms with E-state index in [0.29, 0.717) is 11.6 Å². The standard InChI is InChI=1S/C24H16NO.C19H25FNSi.Ir/c1-16-14-22(25-15-21(16)17-8-3-2-4-9-17)20-12-7-11-19-18-10-5-6-13-23(18)26-24(19)20;1-13(2)9-15-11-18(21-12-19(15)22(4,5)6)16-8-7-14(3)10-17(16)20;/h2-11,13-15H,1H3;7,10-13H,9H2,1-6H3;/q2*-1;/i;3D3;. The third kappa shape index (κ3) is 7.99. The van der Waals surface area contributed by atoms with Gasteiger partial charge in [0.25, 0.3) is 0 Å². The molecule has 0 amide bonds. The summed E-state index contributed by atoms with van der Waals surface area (Å²) in [5.41, 5.74) is 8.90. The normalized spacial score (nSPS) is 12.5. The summed E-state index contributed by atoms with van der Waals surface area (Å²) in [6, 6.07) is 35.0. The largest absolute Gasteiger partial charge is 0.501 e. The number of benzene rings is 4. The number of halogens is 1. The van der Waals surface area contributed by atoms with Crippen molar-refractivity contribution in [2.24, 2.45) is 5.92 Å². The number of hydrogen-bond acceptors (Lipinski definition) is 3. The fourth-order valence-electron chi connectivity index (χ4n) is 6.08. The molecular weight excluding hydrogens is 800 g/mol. The summed E-state index contributed by atoms with van der Waals surface area (Å²) in [5, 5.41) is 3.50. The summed E-state index contributed by atoms with van der Waals surface area (Å²) < 4.78 is 42.8. The first-order valence-electron chi connectivity index (χ1n) is 17.8. The Balaban J connectivity index is 0.000000198. The molecule has 0 fully saturated rings.